The summed E-state index contributed by atoms with van der Waals surface area (Å²) >= 11 is 5.07. The van der Waals surface area contributed by atoms with Gasteiger partial charge in [-0.05, 0) is 45.3 Å². The summed E-state index contributed by atoms with van der Waals surface area (Å²) < 4.78 is 5.71. The number of nitrogens with two attached hydrogens (primary N) is 1. The van der Waals surface area contributed by atoms with Gasteiger partial charge in [0.1, 0.15) is 11.6 Å². The first-order chi connectivity index (χ1) is 9.09. The summed E-state index contributed by atoms with van der Waals surface area (Å²) in [6.45, 7) is 7.64. The molecule has 0 bridgehead atoms. The Morgan fingerprint density at radius 2 is 2.00 bits per heavy atom. The molecular formula is C13H20N4OS. The molecule has 0 radical (unpaired) electrons. The van der Waals surface area contributed by atoms with Crippen molar-refractivity contribution in [2.24, 2.45) is 5.73 Å². The summed E-state index contributed by atoms with van der Waals surface area (Å²) in [5, 5.41) is 8.13. The van der Waals surface area contributed by atoms with Gasteiger partial charge in [0.2, 0.25) is 5.88 Å². The van der Waals surface area contributed by atoms with Crippen LogP contribution in [0.3, 0.4) is 0 Å². The Bertz CT molecular complexity index is 472. The van der Waals surface area contributed by atoms with E-state index in [0.29, 0.717) is 23.0 Å². The number of rotatable bonds is 5. The molecule has 1 aromatic heterocycles. The number of nitrogens with zero attached hydrogens (tertiary/aromatic N) is 3. The highest BCUT2D eigenvalue weighted by Gasteiger charge is 2.16. The van der Waals surface area contributed by atoms with Gasteiger partial charge in [0.15, 0.2) is 0 Å². The zero-order valence-corrected chi connectivity index (χ0v) is 12.3. The third-order valence-electron chi connectivity index (χ3n) is 3.51. The van der Waals surface area contributed by atoms with Crippen molar-refractivity contribution in [3.05, 3.63) is 16.8 Å². The molecule has 0 unspecified atom stereocenters. The third-order valence-corrected chi connectivity index (χ3v) is 3.72. The second kappa shape index (κ2) is 6.25. The minimum Gasteiger partial charge on any atom is -0.475 e. The Morgan fingerprint density at radius 3 is 2.63 bits per heavy atom. The smallest absolute Gasteiger partial charge is 0.244 e. The first-order valence-corrected chi connectivity index (χ1v) is 6.99. The molecule has 5 nitrogen and oxygen atoms in total. The van der Waals surface area contributed by atoms with Gasteiger partial charge in [0.25, 0.3) is 0 Å². The van der Waals surface area contributed by atoms with E-state index in [1.165, 1.54) is 12.8 Å². The van der Waals surface area contributed by atoms with Gasteiger partial charge in [0, 0.05) is 6.54 Å². The standard InChI is InChI=1S/C13H20N4OS/c1-9-10(2)15-16-13(11(9)12(14)19)18-8-7-17-5-3-4-6-17/h3-8H2,1-2H3,(H2,14,19). The van der Waals surface area contributed by atoms with E-state index in [4.69, 9.17) is 22.7 Å². The number of thiocarbonyl (C=S) groups is 1. The van der Waals surface area contributed by atoms with Crippen LogP contribution in [0.15, 0.2) is 0 Å². The van der Waals surface area contributed by atoms with E-state index in [-0.39, 0.29) is 0 Å². The van der Waals surface area contributed by atoms with Gasteiger partial charge in [-0.3, -0.25) is 4.90 Å². The molecule has 19 heavy (non-hydrogen) atoms. The largest absolute Gasteiger partial charge is 0.475 e. The van der Waals surface area contributed by atoms with Gasteiger partial charge in [-0.25, -0.2) is 0 Å². The van der Waals surface area contributed by atoms with Gasteiger partial charge in [0.05, 0.1) is 11.3 Å². The van der Waals surface area contributed by atoms with Crippen molar-refractivity contribution in [1.29, 1.82) is 0 Å². The molecule has 1 fully saturated rings. The van der Waals surface area contributed by atoms with Gasteiger partial charge in [-0.1, -0.05) is 12.2 Å². The van der Waals surface area contributed by atoms with Crippen LogP contribution in [0.2, 0.25) is 0 Å². The summed E-state index contributed by atoms with van der Waals surface area (Å²) in [5.41, 5.74) is 8.24. The van der Waals surface area contributed by atoms with Crippen LogP contribution < -0.4 is 10.5 Å². The predicted molar refractivity (Wildman–Crippen MR) is 78.6 cm³/mol. The number of hydrogen-bond acceptors (Lipinski definition) is 5. The van der Waals surface area contributed by atoms with Crippen molar-refractivity contribution in [2.45, 2.75) is 26.7 Å². The van der Waals surface area contributed by atoms with Gasteiger partial charge in [-0.2, -0.15) is 5.10 Å². The van der Waals surface area contributed by atoms with E-state index in [2.05, 4.69) is 15.1 Å². The van der Waals surface area contributed by atoms with Crippen molar-refractivity contribution in [1.82, 2.24) is 15.1 Å². The van der Waals surface area contributed by atoms with Crippen molar-refractivity contribution in [2.75, 3.05) is 26.2 Å². The average molecular weight is 280 g/mol. The lowest BCUT2D eigenvalue weighted by Gasteiger charge is -2.16. The summed E-state index contributed by atoms with van der Waals surface area (Å²) in [6, 6.07) is 0. The van der Waals surface area contributed by atoms with Crippen LogP contribution in [0.25, 0.3) is 0 Å². The summed E-state index contributed by atoms with van der Waals surface area (Å²) in [5.74, 6) is 0.454. The van der Waals surface area contributed by atoms with Crippen LogP contribution >= 0.6 is 12.2 Å². The molecule has 0 aliphatic carbocycles. The van der Waals surface area contributed by atoms with Crippen molar-refractivity contribution < 1.29 is 4.74 Å². The highest BCUT2D eigenvalue weighted by atomic mass is 32.1. The van der Waals surface area contributed by atoms with Crippen molar-refractivity contribution >= 4 is 17.2 Å². The maximum atomic E-state index is 5.75. The van der Waals surface area contributed by atoms with Gasteiger partial charge < -0.3 is 10.5 Å². The summed E-state index contributed by atoms with van der Waals surface area (Å²) in [6.07, 6.45) is 2.56. The van der Waals surface area contributed by atoms with E-state index < -0.39 is 0 Å². The van der Waals surface area contributed by atoms with Gasteiger partial charge in [-0.15, -0.1) is 5.10 Å². The Balaban J connectivity index is 2.02. The fourth-order valence-corrected chi connectivity index (χ4v) is 2.50. The highest BCUT2D eigenvalue weighted by Crippen LogP contribution is 2.20. The van der Waals surface area contributed by atoms with E-state index >= 15 is 0 Å². The molecule has 6 heteroatoms. The lowest BCUT2D eigenvalue weighted by Crippen LogP contribution is -2.26. The van der Waals surface area contributed by atoms with Crippen LogP contribution in [-0.4, -0.2) is 46.3 Å². The van der Waals surface area contributed by atoms with Crippen LogP contribution in [0.5, 0.6) is 5.88 Å². The van der Waals surface area contributed by atoms with Crippen LogP contribution in [-0.2, 0) is 0 Å². The molecule has 0 saturated carbocycles. The van der Waals surface area contributed by atoms with Crippen molar-refractivity contribution in [3.8, 4) is 5.88 Å². The van der Waals surface area contributed by atoms with E-state index in [1.54, 1.807) is 0 Å². The monoisotopic (exact) mass is 280 g/mol. The zero-order valence-electron chi connectivity index (χ0n) is 11.5. The molecule has 0 aromatic carbocycles. The molecular weight excluding hydrogens is 260 g/mol. The van der Waals surface area contributed by atoms with E-state index in [1.807, 2.05) is 13.8 Å². The predicted octanol–water partition coefficient (Wildman–Crippen LogP) is 1.20. The second-order valence-corrected chi connectivity index (χ2v) is 5.29. The Morgan fingerprint density at radius 1 is 1.32 bits per heavy atom. The average Bonchev–Trinajstić information content (AvgIpc) is 2.86. The Hall–Kier alpha value is -1.27. The topological polar surface area (TPSA) is 64.3 Å². The molecule has 2 heterocycles. The second-order valence-electron chi connectivity index (χ2n) is 4.85. The van der Waals surface area contributed by atoms with E-state index in [0.717, 1.165) is 30.9 Å². The molecule has 1 aliphatic rings. The molecule has 1 aromatic rings. The quantitative estimate of drug-likeness (QED) is 0.818. The summed E-state index contributed by atoms with van der Waals surface area (Å²) in [7, 11) is 0. The molecule has 0 atom stereocenters. The van der Waals surface area contributed by atoms with Crippen LogP contribution in [0.4, 0.5) is 0 Å². The normalized spacial score (nSPS) is 15.7. The maximum Gasteiger partial charge on any atom is 0.244 e. The molecule has 1 saturated heterocycles. The lowest BCUT2D eigenvalue weighted by molar-refractivity contribution is 0.230. The van der Waals surface area contributed by atoms with Crippen LogP contribution in [0.1, 0.15) is 29.7 Å². The first kappa shape index (κ1) is 14.1. The number of hydrogen-bond donors (Lipinski definition) is 1. The molecule has 0 spiro atoms. The molecule has 0 amide bonds. The minimum absolute atomic E-state index is 0.312. The van der Waals surface area contributed by atoms with E-state index in [9.17, 15) is 0 Å². The fraction of sp³-hybridized carbons (Fsp3) is 0.615. The molecule has 2 rings (SSSR count). The molecule has 2 N–H and O–H groups in total. The minimum atomic E-state index is 0.312. The SMILES string of the molecule is Cc1nnc(OCCN2CCCC2)c(C(N)=S)c1C. The Labute approximate surface area is 119 Å². The third kappa shape index (κ3) is 3.39. The van der Waals surface area contributed by atoms with Gasteiger partial charge >= 0.3 is 0 Å². The molecule has 104 valence electrons. The highest BCUT2D eigenvalue weighted by molar-refractivity contribution is 7.80. The number of aromatic nitrogens is 2. The first-order valence-electron chi connectivity index (χ1n) is 6.58. The fourth-order valence-electron chi connectivity index (χ4n) is 2.26. The van der Waals surface area contributed by atoms with Crippen molar-refractivity contribution in [3.63, 3.8) is 0 Å². The lowest BCUT2D eigenvalue weighted by atomic mass is 10.1. The van der Waals surface area contributed by atoms with Crippen LogP contribution in [0, 0.1) is 13.8 Å². The molecule has 1 aliphatic heterocycles. The Kier molecular flexibility index (Phi) is 4.66. The zero-order chi connectivity index (χ0) is 13.8. The summed E-state index contributed by atoms with van der Waals surface area (Å²) in [4.78, 5) is 2.70. The maximum absolute atomic E-state index is 5.75. The number of aryl methyl sites for hydroxylation is 1. The number of ether oxygens (including phenoxy) is 1. The number of likely N-dealkylation sites (tertiary alicyclic amines) is 1.